The average Bonchev–Trinajstić information content (AvgIpc) is 2.20. The van der Waals surface area contributed by atoms with Gasteiger partial charge in [0, 0.05) is 13.1 Å². The van der Waals surface area contributed by atoms with Crippen molar-refractivity contribution < 1.29 is 4.39 Å². The number of hydrogen-bond donors (Lipinski definition) is 1. The first kappa shape index (κ1) is 8.37. The minimum absolute atomic E-state index is 0.402. The normalized spacial score (nSPS) is 17.5. The van der Waals surface area contributed by atoms with Gasteiger partial charge in [-0.1, -0.05) is 0 Å². The molecule has 13 heavy (non-hydrogen) atoms. The number of hydrazine groups is 1. The first-order chi connectivity index (χ1) is 6.36. The van der Waals surface area contributed by atoms with Gasteiger partial charge >= 0.3 is 0 Å². The Morgan fingerprint density at radius 1 is 1.31 bits per heavy atom. The van der Waals surface area contributed by atoms with Gasteiger partial charge in [0.2, 0.25) is 5.95 Å². The van der Waals surface area contributed by atoms with Gasteiger partial charge in [0.05, 0.1) is 12.4 Å². The van der Waals surface area contributed by atoms with Crippen LogP contribution < -0.4 is 10.4 Å². The molecule has 1 N–H and O–H groups in total. The van der Waals surface area contributed by atoms with Crippen LogP contribution >= 0.6 is 0 Å². The molecule has 1 aliphatic heterocycles. The maximum absolute atomic E-state index is 12.5. The van der Waals surface area contributed by atoms with E-state index in [1.165, 1.54) is 12.4 Å². The molecule has 0 bridgehead atoms. The molecule has 0 spiro atoms. The van der Waals surface area contributed by atoms with Crippen LogP contribution in [-0.4, -0.2) is 23.1 Å². The van der Waals surface area contributed by atoms with Crippen LogP contribution in [0.3, 0.4) is 0 Å². The van der Waals surface area contributed by atoms with Gasteiger partial charge in [-0.3, -0.25) is 5.01 Å². The fourth-order valence-electron chi connectivity index (χ4n) is 1.30. The second-order valence-corrected chi connectivity index (χ2v) is 2.97. The molecule has 1 aromatic heterocycles. The Balaban J connectivity index is 2.10. The van der Waals surface area contributed by atoms with Crippen LogP contribution in [-0.2, 0) is 0 Å². The lowest BCUT2D eigenvalue weighted by molar-refractivity contribution is 0.499. The minimum atomic E-state index is -0.402. The summed E-state index contributed by atoms with van der Waals surface area (Å²) >= 11 is 0. The summed E-state index contributed by atoms with van der Waals surface area (Å²) in [6.07, 6.45) is 4.64. The van der Waals surface area contributed by atoms with Gasteiger partial charge in [0.1, 0.15) is 0 Å². The van der Waals surface area contributed by atoms with Gasteiger partial charge in [-0.05, 0) is 12.8 Å². The Morgan fingerprint density at radius 2 is 2.08 bits per heavy atom. The summed E-state index contributed by atoms with van der Waals surface area (Å²) in [7, 11) is 0. The highest BCUT2D eigenvalue weighted by Crippen LogP contribution is 2.08. The highest BCUT2D eigenvalue weighted by Gasteiger charge is 2.12. The molecule has 1 saturated heterocycles. The first-order valence-electron chi connectivity index (χ1n) is 4.35. The molecule has 5 heteroatoms. The van der Waals surface area contributed by atoms with E-state index in [9.17, 15) is 4.39 Å². The largest absolute Gasteiger partial charge is 0.276 e. The highest BCUT2D eigenvalue weighted by atomic mass is 19.1. The molecule has 0 unspecified atom stereocenters. The third kappa shape index (κ3) is 1.92. The predicted octanol–water partition coefficient (Wildman–Crippen LogP) is 0.720. The molecule has 2 rings (SSSR count). The smallest absolute Gasteiger partial charge is 0.240 e. The lowest BCUT2D eigenvalue weighted by Crippen LogP contribution is -2.44. The van der Waals surface area contributed by atoms with E-state index in [0.717, 1.165) is 25.9 Å². The highest BCUT2D eigenvalue weighted by molar-refractivity contribution is 5.26. The Kier molecular flexibility index (Phi) is 2.35. The molecule has 0 aromatic carbocycles. The van der Waals surface area contributed by atoms with Gasteiger partial charge in [-0.15, -0.1) is 0 Å². The van der Waals surface area contributed by atoms with Gasteiger partial charge in [-0.2, -0.15) is 0 Å². The van der Waals surface area contributed by atoms with Crippen molar-refractivity contribution in [2.45, 2.75) is 12.8 Å². The number of halogens is 1. The van der Waals surface area contributed by atoms with Crippen molar-refractivity contribution in [2.24, 2.45) is 0 Å². The van der Waals surface area contributed by atoms with E-state index in [-0.39, 0.29) is 0 Å². The van der Waals surface area contributed by atoms with E-state index in [4.69, 9.17) is 0 Å². The first-order valence-corrected chi connectivity index (χ1v) is 4.35. The molecule has 0 saturated carbocycles. The molecular formula is C8H11FN4. The molecule has 0 atom stereocenters. The second kappa shape index (κ2) is 3.66. The van der Waals surface area contributed by atoms with E-state index < -0.39 is 5.82 Å². The van der Waals surface area contributed by atoms with Crippen LogP contribution in [0.2, 0.25) is 0 Å². The monoisotopic (exact) mass is 182 g/mol. The lowest BCUT2D eigenvalue weighted by Gasteiger charge is -2.27. The Morgan fingerprint density at radius 3 is 2.69 bits per heavy atom. The summed E-state index contributed by atoms with van der Waals surface area (Å²) < 4.78 is 12.5. The van der Waals surface area contributed by atoms with Crippen molar-refractivity contribution in [3.05, 3.63) is 18.2 Å². The molecule has 0 amide bonds. The SMILES string of the molecule is Fc1cnc(N2CCCCN2)nc1. The van der Waals surface area contributed by atoms with Crippen LogP contribution in [0.1, 0.15) is 12.8 Å². The van der Waals surface area contributed by atoms with Crippen molar-refractivity contribution >= 4 is 5.95 Å². The average molecular weight is 182 g/mol. The number of aromatic nitrogens is 2. The third-order valence-electron chi connectivity index (χ3n) is 1.96. The van der Waals surface area contributed by atoms with E-state index in [1.807, 2.05) is 5.01 Å². The zero-order valence-corrected chi connectivity index (χ0v) is 7.20. The van der Waals surface area contributed by atoms with Crippen molar-refractivity contribution in [1.29, 1.82) is 0 Å². The van der Waals surface area contributed by atoms with E-state index in [1.54, 1.807) is 0 Å². The van der Waals surface area contributed by atoms with Gasteiger partial charge in [0.25, 0.3) is 0 Å². The molecule has 1 aliphatic rings. The fraction of sp³-hybridized carbons (Fsp3) is 0.500. The third-order valence-corrected chi connectivity index (χ3v) is 1.96. The summed E-state index contributed by atoms with van der Waals surface area (Å²) in [5.74, 6) is 0.141. The van der Waals surface area contributed by atoms with Crippen LogP contribution in [0.25, 0.3) is 0 Å². The molecule has 0 aliphatic carbocycles. The van der Waals surface area contributed by atoms with E-state index in [2.05, 4.69) is 15.4 Å². The summed E-state index contributed by atoms with van der Waals surface area (Å²) in [6, 6.07) is 0. The number of rotatable bonds is 1. The van der Waals surface area contributed by atoms with Crippen molar-refractivity contribution in [3.63, 3.8) is 0 Å². The molecule has 0 radical (unpaired) electrons. The Bertz CT molecular complexity index is 268. The van der Waals surface area contributed by atoms with Crippen LogP contribution in [0, 0.1) is 5.82 Å². The van der Waals surface area contributed by atoms with Gasteiger partial charge < -0.3 is 0 Å². The zero-order chi connectivity index (χ0) is 9.10. The van der Waals surface area contributed by atoms with Crippen molar-refractivity contribution in [2.75, 3.05) is 18.1 Å². The maximum atomic E-state index is 12.5. The topological polar surface area (TPSA) is 41.1 Å². The summed E-state index contributed by atoms with van der Waals surface area (Å²) in [4.78, 5) is 7.76. The lowest BCUT2D eigenvalue weighted by atomic mass is 10.3. The standard InChI is InChI=1S/C8H11FN4/c9-7-5-10-8(11-6-7)13-4-2-1-3-12-13/h5-6,12H,1-4H2. The number of nitrogens with zero attached hydrogens (tertiary/aromatic N) is 3. The summed E-state index contributed by atoms with van der Waals surface area (Å²) in [6.45, 7) is 1.81. The van der Waals surface area contributed by atoms with Crippen LogP contribution in [0.5, 0.6) is 0 Å². The number of anilines is 1. The quantitative estimate of drug-likeness (QED) is 0.694. The van der Waals surface area contributed by atoms with Crippen molar-refractivity contribution in [3.8, 4) is 0 Å². The fourth-order valence-corrected chi connectivity index (χ4v) is 1.30. The summed E-state index contributed by atoms with van der Waals surface area (Å²) in [5.41, 5.74) is 3.14. The molecule has 1 aromatic rings. The van der Waals surface area contributed by atoms with E-state index >= 15 is 0 Å². The maximum Gasteiger partial charge on any atom is 0.240 e. The molecule has 4 nitrogen and oxygen atoms in total. The Hall–Kier alpha value is -1.23. The molecule has 70 valence electrons. The van der Waals surface area contributed by atoms with Crippen LogP contribution in [0.4, 0.5) is 10.3 Å². The second-order valence-electron chi connectivity index (χ2n) is 2.97. The molecular weight excluding hydrogens is 171 g/mol. The summed E-state index contributed by atoms with van der Waals surface area (Å²) in [5, 5.41) is 1.85. The zero-order valence-electron chi connectivity index (χ0n) is 7.20. The molecule has 2 heterocycles. The van der Waals surface area contributed by atoms with Gasteiger partial charge in [-0.25, -0.2) is 19.8 Å². The number of nitrogens with one attached hydrogen (secondary N) is 1. The Labute approximate surface area is 75.8 Å². The molecule has 1 fully saturated rings. The van der Waals surface area contributed by atoms with E-state index in [0.29, 0.717) is 5.95 Å². The number of hydrogen-bond acceptors (Lipinski definition) is 4. The minimum Gasteiger partial charge on any atom is -0.276 e. The predicted molar refractivity (Wildman–Crippen MR) is 46.6 cm³/mol. The van der Waals surface area contributed by atoms with Gasteiger partial charge in [0.15, 0.2) is 5.82 Å². The van der Waals surface area contributed by atoms with Crippen molar-refractivity contribution in [1.82, 2.24) is 15.4 Å². The van der Waals surface area contributed by atoms with Crippen LogP contribution in [0.15, 0.2) is 12.4 Å².